The molecule has 0 aliphatic carbocycles. The number of anilines is 1. The number of aromatic nitrogens is 2. The highest BCUT2D eigenvalue weighted by molar-refractivity contribution is 9.10. The first-order chi connectivity index (χ1) is 13.0. The third-order valence-corrected chi connectivity index (χ3v) is 4.29. The highest BCUT2D eigenvalue weighted by Crippen LogP contribution is 2.29. The first-order valence-corrected chi connectivity index (χ1v) is 9.15. The summed E-state index contributed by atoms with van der Waals surface area (Å²) in [4.78, 5) is 20.4. The van der Waals surface area contributed by atoms with E-state index in [4.69, 9.17) is 21.1 Å². The summed E-state index contributed by atoms with van der Waals surface area (Å²) in [5, 5.41) is 3.37. The molecular formula is C19H15BrClN3O3. The van der Waals surface area contributed by atoms with Gasteiger partial charge < -0.3 is 14.8 Å². The van der Waals surface area contributed by atoms with Gasteiger partial charge in [0, 0.05) is 29.2 Å². The molecule has 1 N–H and O–H groups in total. The second-order valence-corrected chi connectivity index (χ2v) is 6.79. The lowest BCUT2D eigenvalue weighted by atomic mass is 10.2. The van der Waals surface area contributed by atoms with Crippen LogP contribution in [0.2, 0.25) is 5.02 Å². The Morgan fingerprint density at radius 3 is 2.81 bits per heavy atom. The van der Waals surface area contributed by atoms with Crippen molar-refractivity contribution in [3.8, 4) is 17.4 Å². The molecule has 0 saturated carbocycles. The number of amides is 1. The molecule has 27 heavy (non-hydrogen) atoms. The van der Waals surface area contributed by atoms with Crippen LogP contribution in [-0.4, -0.2) is 22.0 Å². The van der Waals surface area contributed by atoms with Crippen LogP contribution in [0.15, 0.2) is 65.5 Å². The van der Waals surface area contributed by atoms with Crippen LogP contribution in [0.25, 0.3) is 0 Å². The number of halogens is 2. The second-order valence-electron chi connectivity index (χ2n) is 5.50. The summed E-state index contributed by atoms with van der Waals surface area (Å²) in [6, 6.07) is 12.1. The molecule has 1 amide bonds. The van der Waals surface area contributed by atoms with Crippen molar-refractivity contribution in [3.05, 3.63) is 70.6 Å². The largest absolute Gasteiger partial charge is 0.480 e. The van der Waals surface area contributed by atoms with Crippen molar-refractivity contribution in [1.29, 1.82) is 0 Å². The van der Waals surface area contributed by atoms with Crippen LogP contribution in [0.1, 0.15) is 6.92 Å². The molecule has 3 aromatic rings. The number of rotatable bonds is 6. The van der Waals surface area contributed by atoms with Crippen molar-refractivity contribution in [2.24, 2.45) is 0 Å². The van der Waals surface area contributed by atoms with E-state index < -0.39 is 6.10 Å². The summed E-state index contributed by atoms with van der Waals surface area (Å²) in [7, 11) is 0. The Morgan fingerprint density at radius 1 is 1.22 bits per heavy atom. The quantitative estimate of drug-likeness (QED) is 0.568. The fourth-order valence-corrected chi connectivity index (χ4v) is 2.93. The van der Waals surface area contributed by atoms with E-state index in [0.717, 1.165) is 0 Å². The van der Waals surface area contributed by atoms with Crippen LogP contribution < -0.4 is 14.8 Å². The van der Waals surface area contributed by atoms with Crippen molar-refractivity contribution in [1.82, 2.24) is 9.97 Å². The molecule has 1 aromatic heterocycles. The number of nitrogens with zero attached hydrogens (tertiary/aromatic N) is 2. The van der Waals surface area contributed by atoms with Crippen LogP contribution in [0.3, 0.4) is 0 Å². The van der Waals surface area contributed by atoms with Gasteiger partial charge in [0.25, 0.3) is 5.91 Å². The maximum absolute atomic E-state index is 12.4. The summed E-state index contributed by atoms with van der Waals surface area (Å²) < 4.78 is 12.0. The molecule has 6 nitrogen and oxygen atoms in total. The van der Waals surface area contributed by atoms with Crippen LogP contribution >= 0.6 is 27.5 Å². The van der Waals surface area contributed by atoms with E-state index in [9.17, 15) is 4.79 Å². The number of carbonyl (C=O) groups excluding carboxylic acids is 1. The zero-order valence-corrected chi connectivity index (χ0v) is 16.6. The molecule has 0 bridgehead atoms. The summed E-state index contributed by atoms with van der Waals surface area (Å²) in [5.74, 6) is 1.13. The van der Waals surface area contributed by atoms with Crippen LogP contribution in [-0.2, 0) is 4.79 Å². The molecule has 0 aliphatic rings. The van der Waals surface area contributed by atoms with Gasteiger partial charge in [0.05, 0.1) is 10.7 Å². The molecule has 0 radical (unpaired) electrons. The lowest BCUT2D eigenvalue weighted by Crippen LogP contribution is -2.30. The van der Waals surface area contributed by atoms with Gasteiger partial charge in [0.15, 0.2) is 6.10 Å². The molecule has 8 heteroatoms. The minimum Gasteiger partial charge on any atom is -0.480 e. The van der Waals surface area contributed by atoms with Gasteiger partial charge in [-0.05, 0) is 53.2 Å². The highest BCUT2D eigenvalue weighted by atomic mass is 79.9. The first-order valence-electron chi connectivity index (χ1n) is 7.98. The number of nitrogens with one attached hydrogen (secondary N) is 1. The molecule has 3 rings (SSSR count). The van der Waals surface area contributed by atoms with E-state index in [1.54, 1.807) is 55.6 Å². The van der Waals surface area contributed by atoms with Crippen LogP contribution in [0, 0.1) is 0 Å². The van der Waals surface area contributed by atoms with Crippen LogP contribution in [0.5, 0.6) is 17.4 Å². The molecule has 0 aliphatic heterocycles. The Kier molecular flexibility index (Phi) is 6.26. The van der Waals surface area contributed by atoms with Gasteiger partial charge in [0.2, 0.25) is 5.88 Å². The lowest BCUT2D eigenvalue weighted by Gasteiger charge is -2.16. The molecule has 0 spiro atoms. The van der Waals surface area contributed by atoms with Gasteiger partial charge in [-0.25, -0.2) is 4.98 Å². The van der Waals surface area contributed by atoms with E-state index in [1.165, 1.54) is 12.4 Å². The standard InChI is InChI=1S/C19H15BrClN3O3/c1-12(26-17-6-5-13(21)9-16(17)20)19(25)24-14-3-2-4-15(10-14)27-18-11-22-7-8-23-18/h2-12H,1H3,(H,24,25). The Morgan fingerprint density at radius 2 is 2.07 bits per heavy atom. The third-order valence-electron chi connectivity index (χ3n) is 3.43. The molecular weight excluding hydrogens is 434 g/mol. The highest BCUT2D eigenvalue weighted by Gasteiger charge is 2.16. The molecule has 2 aromatic carbocycles. The molecule has 1 heterocycles. The Labute approximate surface area is 169 Å². The van der Waals surface area contributed by atoms with Gasteiger partial charge in [-0.15, -0.1) is 0 Å². The molecule has 138 valence electrons. The summed E-state index contributed by atoms with van der Waals surface area (Å²) in [6.07, 6.45) is 3.89. The number of hydrogen-bond donors (Lipinski definition) is 1. The summed E-state index contributed by atoms with van der Waals surface area (Å²) in [5.41, 5.74) is 0.576. The van der Waals surface area contributed by atoms with E-state index in [2.05, 4.69) is 31.2 Å². The average molecular weight is 449 g/mol. The first kappa shape index (κ1) is 19.1. The number of carbonyl (C=O) groups is 1. The maximum atomic E-state index is 12.4. The average Bonchev–Trinajstić information content (AvgIpc) is 2.65. The number of hydrogen-bond acceptors (Lipinski definition) is 5. The fraction of sp³-hybridized carbons (Fsp3) is 0.105. The van der Waals surface area contributed by atoms with Gasteiger partial charge in [-0.2, -0.15) is 0 Å². The van der Waals surface area contributed by atoms with Gasteiger partial charge in [-0.1, -0.05) is 17.7 Å². The predicted molar refractivity (Wildman–Crippen MR) is 106 cm³/mol. The SMILES string of the molecule is CC(Oc1ccc(Cl)cc1Br)C(=O)Nc1cccc(Oc2cnccn2)c1. The molecule has 1 unspecified atom stereocenters. The monoisotopic (exact) mass is 447 g/mol. The molecule has 0 saturated heterocycles. The second kappa shape index (κ2) is 8.83. The van der Waals surface area contributed by atoms with Gasteiger partial charge in [-0.3, -0.25) is 9.78 Å². The maximum Gasteiger partial charge on any atom is 0.265 e. The Balaban J connectivity index is 1.64. The van der Waals surface area contributed by atoms with Crippen LogP contribution in [0.4, 0.5) is 5.69 Å². The third kappa shape index (κ3) is 5.42. The zero-order valence-electron chi connectivity index (χ0n) is 14.2. The Bertz CT molecular complexity index is 940. The minimum atomic E-state index is -0.716. The normalized spacial score (nSPS) is 11.5. The minimum absolute atomic E-state index is 0.298. The topological polar surface area (TPSA) is 73.3 Å². The summed E-state index contributed by atoms with van der Waals surface area (Å²) >= 11 is 9.28. The van der Waals surface area contributed by atoms with Gasteiger partial charge >= 0.3 is 0 Å². The van der Waals surface area contributed by atoms with Crippen molar-refractivity contribution < 1.29 is 14.3 Å². The van der Waals surface area contributed by atoms with Crippen molar-refractivity contribution >= 4 is 39.1 Å². The van der Waals surface area contributed by atoms with E-state index in [1.807, 2.05) is 0 Å². The van der Waals surface area contributed by atoms with Crippen molar-refractivity contribution in [3.63, 3.8) is 0 Å². The lowest BCUT2D eigenvalue weighted by molar-refractivity contribution is -0.122. The zero-order chi connectivity index (χ0) is 19.2. The molecule has 1 atom stereocenters. The fourth-order valence-electron chi connectivity index (χ4n) is 2.15. The van der Waals surface area contributed by atoms with Crippen molar-refractivity contribution in [2.45, 2.75) is 13.0 Å². The van der Waals surface area contributed by atoms with E-state index >= 15 is 0 Å². The number of ether oxygens (including phenoxy) is 2. The Hall–Kier alpha value is -2.64. The van der Waals surface area contributed by atoms with Crippen molar-refractivity contribution in [2.75, 3.05) is 5.32 Å². The van der Waals surface area contributed by atoms with E-state index in [0.29, 0.717) is 32.6 Å². The van der Waals surface area contributed by atoms with E-state index in [-0.39, 0.29) is 5.91 Å². The predicted octanol–water partition coefficient (Wildman–Crippen LogP) is 5.09. The summed E-state index contributed by atoms with van der Waals surface area (Å²) in [6.45, 7) is 1.66. The molecule has 0 fully saturated rings. The smallest absolute Gasteiger partial charge is 0.265 e. The van der Waals surface area contributed by atoms with Gasteiger partial charge in [0.1, 0.15) is 11.5 Å². The number of benzene rings is 2.